The van der Waals surface area contributed by atoms with E-state index in [9.17, 15) is 9.59 Å². The van der Waals surface area contributed by atoms with Gasteiger partial charge in [-0.25, -0.2) is 4.79 Å². The minimum absolute atomic E-state index is 0.342. The highest BCUT2D eigenvalue weighted by molar-refractivity contribution is 5.97. The second kappa shape index (κ2) is 9.43. The zero-order chi connectivity index (χ0) is 20.8. The third-order valence-corrected chi connectivity index (χ3v) is 5.05. The molecule has 29 heavy (non-hydrogen) atoms. The van der Waals surface area contributed by atoms with Crippen molar-refractivity contribution in [1.82, 2.24) is 15.5 Å². The number of hydrogen-bond donors (Lipinski definition) is 2. The van der Waals surface area contributed by atoms with Gasteiger partial charge in [-0.15, -0.1) is 0 Å². The largest absolute Gasteiger partial charge is 0.493 e. The van der Waals surface area contributed by atoms with Crippen molar-refractivity contribution >= 4 is 11.9 Å². The van der Waals surface area contributed by atoms with Crippen LogP contribution in [-0.4, -0.2) is 44.1 Å². The van der Waals surface area contributed by atoms with E-state index < -0.39 is 12.1 Å². The summed E-state index contributed by atoms with van der Waals surface area (Å²) in [6, 6.07) is 12.4. The predicted molar refractivity (Wildman–Crippen MR) is 110 cm³/mol. The van der Waals surface area contributed by atoms with Crippen molar-refractivity contribution in [3.05, 3.63) is 59.2 Å². The molecule has 0 saturated heterocycles. The molecule has 2 N–H and O–H groups in total. The van der Waals surface area contributed by atoms with Crippen LogP contribution in [0.3, 0.4) is 0 Å². The highest BCUT2D eigenvalue weighted by Crippen LogP contribution is 2.35. The van der Waals surface area contributed by atoms with Gasteiger partial charge in [-0.05, 0) is 42.2 Å². The molecule has 0 aromatic heterocycles. The van der Waals surface area contributed by atoms with Crippen LogP contribution in [0.5, 0.6) is 11.5 Å². The Morgan fingerprint density at radius 3 is 2.34 bits per heavy atom. The van der Waals surface area contributed by atoms with Crippen LogP contribution in [0.25, 0.3) is 0 Å². The quantitative estimate of drug-likeness (QED) is 0.783. The third kappa shape index (κ3) is 4.68. The molecule has 154 valence electrons. The van der Waals surface area contributed by atoms with Crippen LogP contribution in [0.15, 0.2) is 42.5 Å². The lowest BCUT2D eigenvalue weighted by Crippen LogP contribution is -2.47. The van der Waals surface area contributed by atoms with E-state index in [0.717, 1.165) is 17.5 Å². The van der Waals surface area contributed by atoms with E-state index in [4.69, 9.17) is 9.47 Å². The second-order valence-electron chi connectivity index (χ2n) is 6.86. The van der Waals surface area contributed by atoms with Crippen LogP contribution in [0.4, 0.5) is 4.79 Å². The molecule has 2 aromatic rings. The first-order valence-electron chi connectivity index (χ1n) is 9.68. The zero-order valence-electron chi connectivity index (χ0n) is 17.0. The fourth-order valence-corrected chi connectivity index (χ4v) is 3.67. The fraction of sp³-hybridized carbons (Fsp3) is 0.364. The molecule has 2 aromatic carbocycles. The first-order valence-corrected chi connectivity index (χ1v) is 9.68. The predicted octanol–water partition coefficient (Wildman–Crippen LogP) is 2.65. The molecule has 0 unspecified atom stereocenters. The molecule has 0 spiro atoms. The van der Waals surface area contributed by atoms with Crippen LogP contribution in [0.2, 0.25) is 0 Å². The van der Waals surface area contributed by atoms with Gasteiger partial charge in [0.2, 0.25) is 5.91 Å². The second-order valence-corrected chi connectivity index (χ2v) is 6.86. The number of nitrogens with zero attached hydrogens (tertiary/aromatic N) is 1. The molecule has 3 amide bonds. The maximum Gasteiger partial charge on any atom is 0.321 e. The topological polar surface area (TPSA) is 79.9 Å². The summed E-state index contributed by atoms with van der Waals surface area (Å²) in [7, 11) is 3.23. The van der Waals surface area contributed by atoms with Crippen molar-refractivity contribution in [2.45, 2.75) is 25.9 Å². The Kier molecular flexibility index (Phi) is 6.72. The van der Waals surface area contributed by atoms with E-state index in [2.05, 4.69) is 15.5 Å². The van der Waals surface area contributed by atoms with Crippen molar-refractivity contribution in [2.24, 2.45) is 0 Å². The monoisotopic (exact) mass is 397 g/mol. The van der Waals surface area contributed by atoms with Crippen LogP contribution in [0.1, 0.15) is 29.7 Å². The van der Waals surface area contributed by atoms with E-state index in [1.54, 1.807) is 14.2 Å². The van der Waals surface area contributed by atoms with Crippen LogP contribution in [-0.2, 0) is 17.8 Å². The standard InChI is InChI=1S/C22H27N3O4/c1-4-23-22(27)24-21(26)20(15-8-6-5-7-9-15)25-11-10-16-12-18(28-2)19(29-3)13-17(16)14-25/h5-9,12-13,20H,4,10-11,14H2,1-3H3,(H2,23,24,26,27)/t20-/m1/s1. The molecule has 1 heterocycles. The summed E-state index contributed by atoms with van der Waals surface area (Å²) in [5.41, 5.74) is 3.11. The molecule has 1 aliphatic rings. The number of methoxy groups -OCH3 is 2. The molecular formula is C22H27N3O4. The lowest BCUT2D eigenvalue weighted by atomic mass is 9.95. The van der Waals surface area contributed by atoms with Crippen LogP contribution < -0.4 is 20.1 Å². The van der Waals surface area contributed by atoms with Gasteiger partial charge in [0, 0.05) is 19.6 Å². The van der Waals surface area contributed by atoms with E-state index in [1.807, 2.05) is 49.4 Å². The average Bonchev–Trinajstić information content (AvgIpc) is 2.73. The maximum atomic E-state index is 13.0. The number of urea groups is 1. The van der Waals surface area contributed by atoms with Gasteiger partial charge in [-0.3, -0.25) is 15.0 Å². The maximum absolute atomic E-state index is 13.0. The van der Waals surface area contributed by atoms with Gasteiger partial charge < -0.3 is 14.8 Å². The minimum atomic E-state index is -0.569. The van der Waals surface area contributed by atoms with E-state index in [-0.39, 0.29) is 5.91 Å². The van der Waals surface area contributed by atoms with Crippen molar-refractivity contribution in [1.29, 1.82) is 0 Å². The van der Waals surface area contributed by atoms with Gasteiger partial charge in [0.25, 0.3) is 0 Å². The highest BCUT2D eigenvalue weighted by Gasteiger charge is 2.31. The summed E-state index contributed by atoms with van der Waals surface area (Å²) in [6.45, 7) is 3.51. The number of amides is 3. The number of nitrogens with one attached hydrogen (secondary N) is 2. The van der Waals surface area contributed by atoms with Crippen molar-refractivity contribution in [3.63, 3.8) is 0 Å². The summed E-state index contributed by atoms with van der Waals surface area (Å²) in [4.78, 5) is 27.0. The molecule has 0 fully saturated rings. The lowest BCUT2D eigenvalue weighted by molar-refractivity contribution is -0.126. The molecule has 0 saturated carbocycles. The van der Waals surface area contributed by atoms with Gasteiger partial charge in [-0.1, -0.05) is 30.3 Å². The van der Waals surface area contributed by atoms with Crippen molar-refractivity contribution in [3.8, 4) is 11.5 Å². The fourth-order valence-electron chi connectivity index (χ4n) is 3.67. The number of fused-ring (bicyclic) bond motifs is 1. The molecule has 0 radical (unpaired) electrons. The van der Waals surface area contributed by atoms with E-state index in [0.29, 0.717) is 31.1 Å². The number of carbonyl (C=O) groups excluding carboxylic acids is 2. The smallest absolute Gasteiger partial charge is 0.321 e. The first kappa shape index (κ1) is 20.7. The van der Waals surface area contributed by atoms with Gasteiger partial charge in [-0.2, -0.15) is 0 Å². The lowest BCUT2D eigenvalue weighted by Gasteiger charge is -2.35. The number of hydrogen-bond acceptors (Lipinski definition) is 5. The summed E-state index contributed by atoms with van der Waals surface area (Å²) in [5, 5.41) is 5.08. The van der Waals surface area contributed by atoms with Gasteiger partial charge in [0.15, 0.2) is 11.5 Å². The normalized spacial score (nSPS) is 14.4. The molecule has 0 aliphatic carbocycles. The number of benzene rings is 2. The Hall–Kier alpha value is -3.06. The summed E-state index contributed by atoms with van der Waals surface area (Å²) in [5.74, 6) is 1.02. The van der Waals surface area contributed by atoms with Crippen LogP contribution >= 0.6 is 0 Å². The highest BCUT2D eigenvalue weighted by atomic mass is 16.5. The summed E-state index contributed by atoms with van der Waals surface area (Å²) < 4.78 is 10.8. The molecule has 1 atom stereocenters. The molecular weight excluding hydrogens is 370 g/mol. The Morgan fingerprint density at radius 2 is 1.72 bits per heavy atom. The summed E-state index contributed by atoms with van der Waals surface area (Å²) in [6.07, 6.45) is 0.771. The molecule has 7 heteroatoms. The number of carbonyl (C=O) groups is 2. The van der Waals surface area contributed by atoms with Crippen molar-refractivity contribution in [2.75, 3.05) is 27.3 Å². The minimum Gasteiger partial charge on any atom is -0.493 e. The first-order chi connectivity index (χ1) is 14.1. The summed E-state index contributed by atoms with van der Waals surface area (Å²) >= 11 is 0. The number of rotatable bonds is 6. The molecule has 7 nitrogen and oxygen atoms in total. The Morgan fingerprint density at radius 1 is 1.07 bits per heavy atom. The number of ether oxygens (including phenoxy) is 2. The van der Waals surface area contributed by atoms with Gasteiger partial charge in [0.1, 0.15) is 6.04 Å². The molecule has 1 aliphatic heterocycles. The Bertz CT molecular complexity index is 870. The Labute approximate surface area is 171 Å². The number of imide groups is 1. The zero-order valence-corrected chi connectivity index (χ0v) is 17.0. The van der Waals surface area contributed by atoms with Crippen LogP contribution in [0, 0.1) is 0 Å². The SMILES string of the molecule is CCNC(=O)NC(=O)[C@@H](c1ccccc1)N1CCc2cc(OC)c(OC)cc2C1. The Balaban J connectivity index is 1.89. The molecule has 0 bridgehead atoms. The third-order valence-electron chi connectivity index (χ3n) is 5.05. The van der Waals surface area contributed by atoms with Gasteiger partial charge in [0.05, 0.1) is 14.2 Å². The molecule has 3 rings (SSSR count). The van der Waals surface area contributed by atoms with Crippen molar-refractivity contribution < 1.29 is 19.1 Å². The van der Waals surface area contributed by atoms with E-state index >= 15 is 0 Å². The van der Waals surface area contributed by atoms with Gasteiger partial charge >= 0.3 is 6.03 Å². The average molecular weight is 397 g/mol. The van der Waals surface area contributed by atoms with E-state index in [1.165, 1.54) is 5.56 Å².